The maximum Gasteiger partial charge on any atom is 0.469 e. The summed E-state index contributed by atoms with van der Waals surface area (Å²) in [6.45, 7) is 0.558. The number of phosphoric ester groups is 1. The Balaban J connectivity index is 3.30. The van der Waals surface area contributed by atoms with Crippen LogP contribution in [-0.2, 0) is 9.09 Å². The number of likely N-dealkylation sites (N-methyl/N-ethyl adjacent to an activating group) is 1. The minimum atomic E-state index is -4.25. The Labute approximate surface area is 59.8 Å². The fraction of sp³-hybridized carbons (Fsp3) is 1.00. The highest BCUT2D eigenvalue weighted by atomic mass is 31.2. The fourth-order valence-corrected chi connectivity index (χ4v) is 0.662. The van der Waals surface area contributed by atoms with E-state index in [0.717, 1.165) is 0 Å². The van der Waals surface area contributed by atoms with Gasteiger partial charge in [-0.3, -0.25) is 4.52 Å². The van der Waals surface area contributed by atoms with Crippen LogP contribution >= 0.6 is 7.82 Å². The molecule has 0 aliphatic rings. The molecule has 0 aromatic rings. The largest absolute Gasteiger partial charge is 0.469 e. The van der Waals surface area contributed by atoms with Gasteiger partial charge < -0.3 is 14.7 Å². The Hall–Kier alpha value is 0.0700. The third-order valence-corrected chi connectivity index (χ3v) is 1.32. The van der Waals surface area contributed by atoms with Crippen molar-refractivity contribution in [2.24, 2.45) is 0 Å². The summed E-state index contributed by atoms with van der Waals surface area (Å²) < 4.78 is 14.2. The monoisotopic (exact) mass is 169 g/mol. The zero-order valence-corrected chi connectivity index (χ0v) is 6.91. The van der Waals surface area contributed by atoms with Crippen molar-refractivity contribution in [3.8, 4) is 0 Å². The topological polar surface area (TPSA) is 70.0 Å². The molecule has 0 atom stereocenters. The predicted molar refractivity (Wildman–Crippen MR) is 36.6 cm³/mol. The summed E-state index contributed by atoms with van der Waals surface area (Å²) in [5.74, 6) is 0. The number of rotatable bonds is 4. The van der Waals surface area contributed by atoms with Crippen LogP contribution in [0.4, 0.5) is 0 Å². The lowest BCUT2D eigenvalue weighted by Crippen LogP contribution is -2.17. The van der Waals surface area contributed by atoms with Gasteiger partial charge in [0.1, 0.15) is 0 Å². The summed E-state index contributed by atoms with van der Waals surface area (Å²) >= 11 is 0. The molecule has 0 bridgehead atoms. The standard InChI is InChI=1S/C4H12NO4P/c1-5(2)3-4-9-10(6,7)8/h3-4H2,1-2H3,(H2,6,7,8). The molecule has 0 saturated heterocycles. The first kappa shape index (κ1) is 10.1. The van der Waals surface area contributed by atoms with E-state index in [9.17, 15) is 4.57 Å². The predicted octanol–water partition coefficient (Wildman–Crippen LogP) is -0.343. The number of hydrogen-bond acceptors (Lipinski definition) is 3. The van der Waals surface area contributed by atoms with Gasteiger partial charge in [0.05, 0.1) is 6.61 Å². The zero-order valence-electron chi connectivity index (χ0n) is 6.02. The fourth-order valence-electron chi connectivity index (χ4n) is 0.342. The summed E-state index contributed by atoms with van der Waals surface area (Å²) in [6.07, 6.45) is 0. The smallest absolute Gasteiger partial charge is 0.307 e. The molecule has 0 spiro atoms. The Morgan fingerprint density at radius 1 is 1.50 bits per heavy atom. The van der Waals surface area contributed by atoms with Crippen LogP contribution in [0, 0.1) is 0 Å². The van der Waals surface area contributed by atoms with Crippen LogP contribution in [0.1, 0.15) is 0 Å². The molecule has 0 saturated carbocycles. The first-order chi connectivity index (χ1) is 4.42. The Morgan fingerprint density at radius 2 is 2.00 bits per heavy atom. The quantitative estimate of drug-likeness (QED) is 0.563. The third kappa shape index (κ3) is 8.07. The van der Waals surface area contributed by atoms with Crippen molar-refractivity contribution in [2.75, 3.05) is 27.2 Å². The number of hydrogen-bond donors (Lipinski definition) is 2. The molecule has 6 heteroatoms. The molecule has 0 aliphatic heterocycles. The van der Waals surface area contributed by atoms with E-state index in [1.165, 1.54) is 0 Å². The van der Waals surface area contributed by atoms with Crippen LogP contribution in [0.25, 0.3) is 0 Å². The Kier molecular flexibility index (Phi) is 4.08. The third-order valence-electron chi connectivity index (χ3n) is 0.798. The molecule has 10 heavy (non-hydrogen) atoms. The van der Waals surface area contributed by atoms with E-state index in [1.54, 1.807) is 19.0 Å². The van der Waals surface area contributed by atoms with E-state index < -0.39 is 7.82 Å². The van der Waals surface area contributed by atoms with Crippen molar-refractivity contribution >= 4 is 7.82 Å². The van der Waals surface area contributed by atoms with Gasteiger partial charge in [0.15, 0.2) is 0 Å². The highest BCUT2D eigenvalue weighted by molar-refractivity contribution is 7.46. The van der Waals surface area contributed by atoms with Crippen molar-refractivity contribution in [1.29, 1.82) is 0 Å². The van der Waals surface area contributed by atoms with Gasteiger partial charge in [0.2, 0.25) is 0 Å². The average molecular weight is 169 g/mol. The average Bonchev–Trinajstić information content (AvgIpc) is 1.59. The molecule has 0 aromatic heterocycles. The van der Waals surface area contributed by atoms with Crippen LogP contribution in [-0.4, -0.2) is 41.9 Å². The van der Waals surface area contributed by atoms with Crippen LogP contribution in [0.15, 0.2) is 0 Å². The van der Waals surface area contributed by atoms with Gasteiger partial charge in [-0.2, -0.15) is 0 Å². The first-order valence-electron chi connectivity index (χ1n) is 2.76. The van der Waals surface area contributed by atoms with Crippen molar-refractivity contribution < 1.29 is 18.9 Å². The summed E-state index contributed by atoms with van der Waals surface area (Å²) in [5.41, 5.74) is 0. The normalized spacial score (nSPS) is 12.5. The summed E-state index contributed by atoms with van der Waals surface area (Å²) in [7, 11) is -0.659. The van der Waals surface area contributed by atoms with Crippen molar-refractivity contribution in [2.45, 2.75) is 0 Å². The summed E-state index contributed by atoms with van der Waals surface area (Å²) in [6, 6.07) is 0. The van der Waals surface area contributed by atoms with E-state index >= 15 is 0 Å². The number of nitrogens with zero attached hydrogens (tertiary/aromatic N) is 1. The molecule has 62 valence electrons. The second kappa shape index (κ2) is 4.05. The van der Waals surface area contributed by atoms with Crippen molar-refractivity contribution in [3.05, 3.63) is 0 Å². The highest BCUT2D eigenvalue weighted by Crippen LogP contribution is 2.35. The SMILES string of the molecule is CN(C)CCOP(=O)(O)O. The second-order valence-electron chi connectivity index (χ2n) is 2.13. The molecule has 0 amide bonds. The summed E-state index contributed by atoms with van der Waals surface area (Å²) in [4.78, 5) is 18.2. The Bertz CT molecular complexity index is 131. The molecule has 0 unspecified atom stereocenters. The molecular formula is C4H12NO4P. The highest BCUT2D eigenvalue weighted by Gasteiger charge is 2.12. The Morgan fingerprint density at radius 3 is 2.30 bits per heavy atom. The molecule has 2 N–H and O–H groups in total. The minimum absolute atomic E-state index is 0.0529. The van der Waals surface area contributed by atoms with Crippen molar-refractivity contribution in [1.82, 2.24) is 4.90 Å². The van der Waals surface area contributed by atoms with Gasteiger partial charge in [-0.15, -0.1) is 0 Å². The second-order valence-corrected chi connectivity index (χ2v) is 3.37. The van der Waals surface area contributed by atoms with Gasteiger partial charge in [0, 0.05) is 6.54 Å². The zero-order chi connectivity index (χ0) is 8.20. The molecule has 0 fully saturated rings. The van der Waals surface area contributed by atoms with Crippen molar-refractivity contribution in [3.63, 3.8) is 0 Å². The molecule has 0 aliphatic carbocycles. The van der Waals surface area contributed by atoms with Gasteiger partial charge >= 0.3 is 7.82 Å². The summed E-state index contributed by atoms with van der Waals surface area (Å²) in [5, 5.41) is 0. The van der Waals surface area contributed by atoms with Crippen LogP contribution < -0.4 is 0 Å². The van der Waals surface area contributed by atoms with Gasteiger partial charge in [-0.25, -0.2) is 4.57 Å². The molecule has 0 radical (unpaired) electrons. The van der Waals surface area contributed by atoms with Crippen LogP contribution in [0.2, 0.25) is 0 Å². The van der Waals surface area contributed by atoms with E-state index in [-0.39, 0.29) is 6.61 Å². The van der Waals surface area contributed by atoms with E-state index in [0.29, 0.717) is 6.54 Å². The molecule has 5 nitrogen and oxygen atoms in total. The van der Waals surface area contributed by atoms with E-state index in [4.69, 9.17) is 9.79 Å². The van der Waals surface area contributed by atoms with Gasteiger partial charge in [-0.1, -0.05) is 0 Å². The maximum absolute atomic E-state index is 10.1. The lowest BCUT2D eigenvalue weighted by Gasteiger charge is -2.09. The van der Waals surface area contributed by atoms with Gasteiger partial charge in [-0.05, 0) is 14.1 Å². The molecule has 0 heterocycles. The lowest BCUT2D eigenvalue weighted by molar-refractivity contribution is 0.180. The molecule has 0 aromatic carbocycles. The number of phosphoric acid groups is 1. The molecule has 0 rings (SSSR count). The van der Waals surface area contributed by atoms with Crippen LogP contribution in [0.3, 0.4) is 0 Å². The minimum Gasteiger partial charge on any atom is -0.307 e. The first-order valence-corrected chi connectivity index (χ1v) is 4.29. The van der Waals surface area contributed by atoms with E-state index in [2.05, 4.69) is 4.52 Å². The molecular weight excluding hydrogens is 157 g/mol. The van der Waals surface area contributed by atoms with E-state index in [1.807, 2.05) is 0 Å². The maximum atomic E-state index is 10.1. The van der Waals surface area contributed by atoms with Crippen LogP contribution in [0.5, 0.6) is 0 Å². The van der Waals surface area contributed by atoms with Gasteiger partial charge in [0.25, 0.3) is 0 Å². The lowest BCUT2D eigenvalue weighted by atomic mass is 10.6.